The first-order valence-electron chi connectivity index (χ1n) is 5.21. The van der Waals surface area contributed by atoms with Gasteiger partial charge in [0, 0.05) is 5.38 Å². The van der Waals surface area contributed by atoms with E-state index >= 15 is 0 Å². The van der Waals surface area contributed by atoms with E-state index in [1.807, 2.05) is 12.3 Å². The lowest BCUT2D eigenvalue weighted by Gasteiger charge is -2.01. The molecular weight excluding hydrogens is 274 g/mol. The van der Waals surface area contributed by atoms with Crippen LogP contribution in [0, 0.1) is 6.92 Å². The number of sulfonamides is 1. The summed E-state index contributed by atoms with van der Waals surface area (Å²) in [5, 5.41) is 2.58. The maximum Gasteiger partial charge on any atom is 0.274 e. The number of thiazole rings is 1. The summed E-state index contributed by atoms with van der Waals surface area (Å²) >= 11 is 1.47. The lowest BCUT2D eigenvalue weighted by molar-refractivity contribution is 0.412. The Kier molecular flexibility index (Phi) is 3.81. The average molecular weight is 287 g/mol. The zero-order valence-corrected chi connectivity index (χ0v) is 11.3. The van der Waals surface area contributed by atoms with E-state index in [2.05, 4.69) is 9.71 Å². The van der Waals surface area contributed by atoms with Gasteiger partial charge in [-0.2, -0.15) is 0 Å². The van der Waals surface area contributed by atoms with Gasteiger partial charge in [-0.15, -0.1) is 11.3 Å². The maximum atomic E-state index is 11.9. The quantitative estimate of drug-likeness (QED) is 0.854. The molecule has 0 aromatic carbocycles. The van der Waals surface area contributed by atoms with E-state index in [9.17, 15) is 8.42 Å². The summed E-state index contributed by atoms with van der Waals surface area (Å²) in [5.41, 5.74) is 6.04. The third-order valence-electron chi connectivity index (χ3n) is 2.21. The molecule has 8 heteroatoms. The number of nitrogens with two attached hydrogens (primary N) is 1. The van der Waals surface area contributed by atoms with E-state index in [4.69, 9.17) is 10.2 Å². The van der Waals surface area contributed by atoms with E-state index in [0.717, 1.165) is 5.01 Å². The first-order chi connectivity index (χ1) is 8.51. The fourth-order valence-electron chi connectivity index (χ4n) is 1.34. The van der Waals surface area contributed by atoms with Gasteiger partial charge in [0.05, 0.1) is 23.8 Å². The van der Waals surface area contributed by atoms with Crippen molar-refractivity contribution in [2.24, 2.45) is 5.73 Å². The summed E-state index contributed by atoms with van der Waals surface area (Å²) in [5.74, 6) is 0.430. The third kappa shape index (κ3) is 2.96. The average Bonchev–Trinajstić information content (AvgIpc) is 2.95. The van der Waals surface area contributed by atoms with Crippen molar-refractivity contribution in [1.29, 1.82) is 0 Å². The van der Waals surface area contributed by atoms with Crippen LogP contribution in [0.3, 0.4) is 0 Å². The molecule has 2 heterocycles. The first kappa shape index (κ1) is 13.2. The molecule has 0 radical (unpaired) electrons. The minimum atomic E-state index is -3.65. The van der Waals surface area contributed by atoms with Crippen LogP contribution < -0.4 is 10.5 Å². The molecule has 2 aromatic rings. The van der Waals surface area contributed by atoms with E-state index < -0.39 is 10.0 Å². The highest BCUT2D eigenvalue weighted by atomic mass is 32.2. The molecule has 3 N–H and O–H groups in total. The Labute approximate surface area is 109 Å². The van der Waals surface area contributed by atoms with Gasteiger partial charge in [0.15, 0.2) is 0 Å². The second-order valence-electron chi connectivity index (χ2n) is 3.61. The molecule has 0 saturated carbocycles. The summed E-state index contributed by atoms with van der Waals surface area (Å²) < 4.78 is 31.3. The van der Waals surface area contributed by atoms with Crippen LogP contribution in [0.2, 0.25) is 0 Å². The number of hydrogen-bond donors (Lipinski definition) is 2. The molecule has 98 valence electrons. The summed E-state index contributed by atoms with van der Waals surface area (Å²) in [4.78, 5) is 4.17. The molecule has 0 saturated heterocycles. The van der Waals surface area contributed by atoms with Gasteiger partial charge in [0.1, 0.15) is 5.76 Å². The number of aryl methyl sites for hydroxylation is 1. The van der Waals surface area contributed by atoms with Gasteiger partial charge in [0.2, 0.25) is 5.09 Å². The molecule has 2 aromatic heterocycles. The number of nitrogens with zero attached hydrogens (tertiary/aromatic N) is 1. The van der Waals surface area contributed by atoms with Crippen LogP contribution in [0.5, 0.6) is 0 Å². The zero-order chi connectivity index (χ0) is 13.2. The van der Waals surface area contributed by atoms with Crippen molar-refractivity contribution >= 4 is 21.4 Å². The first-order valence-corrected chi connectivity index (χ1v) is 7.57. The van der Waals surface area contributed by atoms with E-state index in [0.29, 0.717) is 11.5 Å². The molecule has 6 nitrogen and oxygen atoms in total. The summed E-state index contributed by atoms with van der Waals surface area (Å²) in [6.07, 6.45) is 0. The number of rotatable bonds is 5. The van der Waals surface area contributed by atoms with Gasteiger partial charge >= 0.3 is 0 Å². The lowest BCUT2D eigenvalue weighted by atomic mass is 10.5. The molecule has 0 unspecified atom stereocenters. The van der Waals surface area contributed by atoms with Gasteiger partial charge in [-0.25, -0.2) is 18.1 Å². The van der Waals surface area contributed by atoms with Crippen molar-refractivity contribution in [2.75, 3.05) is 0 Å². The molecular formula is C10H13N3O3S2. The van der Waals surface area contributed by atoms with Crippen LogP contribution in [-0.2, 0) is 23.1 Å². The van der Waals surface area contributed by atoms with Crippen molar-refractivity contribution < 1.29 is 12.8 Å². The highest BCUT2D eigenvalue weighted by Crippen LogP contribution is 2.14. The van der Waals surface area contributed by atoms with Crippen molar-refractivity contribution in [3.8, 4) is 0 Å². The Morgan fingerprint density at radius 1 is 1.50 bits per heavy atom. The van der Waals surface area contributed by atoms with Crippen LogP contribution in [-0.4, -0.2) is 13.4 Å². The monoisotopic (exact) mass is 287 g/mol. The second kappa shape index (κ2) is 5.19. The Hall–Kier alpha value is -1.22. The van der Waals surface area contributed by atoms with Crippen molar-refractivity contribution in [1.82, 2.24) is 9.71 Å². The largest absolute Gasteiger partial charge is 0.447 e. The SMILES string of the molecule is Cc1nc(CNS(=O)(=O)c2ccc(CN)o2)cs1. The van der Waals surface area contributed by atoms with Crippen LogP contribution in [0.1, 0.15) is 16.5 Å². The standard InChI is InChI=1S/C10H13N3O3S2/c1-7-13-8(6-17-7)5-12-18(14,15)10-3-2-9(4-11)16-10/h2-3,6,12H,4-5,11H2,1H3. The lowest BCUT2D eigenvalue weighted by Crippen LogP contribution is -2.23. The molecule has 0 aliphatic heterocycles. The Balaban J connectivity index is 2.07. The summed E-state index contributed by atoms with van der Waals surface area (Å²) in [7, 11) is -3.65. The van der Waals surface area contributed by atoms with Gasteiger partial charge < -0.3 is 10.2 Å². The molecule has 18 heavy (non-hydrogen) atoms. The number of hydrogen-bond acceptors (Lipinski definition) is 6. The normalized spacial score (nSPS) is 11.9. The van der Waals surface area contributed by atoms with Crippen LogP contribution in [0.4, 0.5) is 0 Å². The van der Waals surface area contributed by atoms with Crippen LogP contribution in [0.15, 0.2) is 27.0 Å². The number of aromatic nitrogens is 1. The smallest absolute Gasteiger partial charge is 0.274 e. The zero-order valence-electron chi connectivity index (χ0n) is 9.71. The van der Waals surface area contributed by atoms with E-state index in [1.165, 1.54) is 17.4 Å². The predicted octanol–water partition coefficient (Wildman–Crippen LogP) is 0.982. The highest BCUT2D eigenvalue weighted by Gasteiger charge is 2.18. The maximum absolute atomic E-state index is 11.9. The Bertz CT molecular complexity index is 630. The van der Waals surface area contributed by atoms with Gasteiger partial charge in [-0.1, -0.05) is 0 Å². The van der Waals surface area contributed by atoms with E-state index in [-0.39, 0.29) is 18.2 Å². The fraction of sp³-hybridized carbons (Fsp3) is 0.300. The number of furan rings is 1. The molecule has 0 bridgehead atoms. The molecule has 2 rings (SSSR count). The third-order valence-corrected chi connectivity index (χ3v) is 4.31. The number of nitrogens with one attached hydrogen (secondary N) is 1. The topological polar surface area (TPSA) is 98.2 Å². The van der Waals surface area contributed by atoms with Crippen molar-refractivity contribution in [2.45, 2.75) is 25.1 Å². The second-order valence-corrected chi connectivity index (χ2v) is 6.37. The van der Waals surface area contributed by atoms with Gasteiger partial charge in [0.25, 0.3) is 10.0 Å². The van der Waals surface area contributed by atoms with Crippen LogP contribution >= 0.6 is 11.3 Å². The molecule has 0 spiro atoms. The molecule has 0 aliphatic rings. The van der Waals surface area contributed by atoms with Crippen molar-refractivity contribution in [3.05, 3.63) is 34.0 Å². The van der Waals surface area contributed by atoms with Crippen molar-refractivity contribution in [3.63, 3.8) is 0 Å². The molecule has 0 amide bonds. The minimum absolute atomic E-state index is 0.130. The summed E-state index contributed by atoms with van der Waals surface area (Å²) in [6.45, 7) is 2.18. The predicted molar refractivity (Wildman–Crippen MR) is 67.5 cm³/mol. The minimum Gasteiger partial charge on any atom is -0.447 e. The van der Waals surface area contributed by atoms with Gasteiger partial charge in [-0.05, 0) is 19.1 Å². The fourth-order valence-corrected chi connectivity index (χ4v) is 2.90. The Morgan fingerprint density at radius 2 is 2.28 bits per heavy atom. The highest BCUT2D eigenvalue weighted by molar-refractivity contribution is 7.89. The Morgan fingerprint density at radius 3 is 2.83 bits per heavy atom. The summed E-state index contributed by atoms with van der Waals surface area (Å²) in [6, 6.07) is 2.93. The molecule has 0 fully saturated rings. The van der Waals surface area contributed by atoms with Gasteiger partial charge in [-0.3, -0.25) is 0 Å². The molecule has 0 aliphatic carbocycles. The van der Waals surface area contributed by atoms with Crippen LogP contribution in [0.25, 0.3) is 0 Å². The van der Waals surface area contributed by atoms with E-state index in [1.54, 1.807) is 6.07 Å². The molecule has 0 atom stereocenters.